The zero-order valence-corrected chi connectivity index (χ0v) is 11.8. The van der Waals surface area contributed by atoms with Crippen LogP contribution in [-0.4, -0.2) is 50.1 Å². The first-order valence-corrected chi connectivity index (χ1v) is 6.34. The van der Waals surface area contributed by atoms with E-state index in [4.69, 9.17) is 10.5 Å². The highest BCUT2D eigenvalue weighted by molar-refractivity contribution is 5.87. The molecule has 6 nitrogen and oxygen atoms in total. The molecule has 0 aliphatic carbocycles. The number of methoxy groups -OCH3 is 1. The van der Waals surface area contributed by atoms with Crippen molar-refractivity contribution < 1.29 is 14.3 Å². The van der Waals surface area contributed by atoms with E-state index in [1.165, 1.54) is 7.11 Å². The zero-order chi connectivity index (χ0) is 15.0. The molecule has 1 aromatic rings. The van der Waals surface area contributed by atoms with Gasteiger partial charge in [-0.3, -0.25) is 9.59 Å². The van der Waals surface area contributed by atoms with E-state index in [9.17, 15) is 9.59 Å². The molecule has 2 amide bonds. The topological polar surface area (TPSA) is 84.7 Å². The van der Waals surface area contributed by atoms with Gasteiger partial charge in [-0.1, -0.05) is 30.3 Å². The minimum Gasteiger partial charge on any atom is -0.383 e. The molecule has 1 aromatic carbocycles. The van der Waals surface area contributed by atoms with E-state index in [2.05, 4.69) is 5.32 Å². The highest BCUT2D eigenvalue weighted by atomic mass is 16.5. The second-order valence-corrected chi connectivity index (χ2v) is 4.52. The van der Waals surface area contributed by atoms with Crippen molar-refractivity contribution in [3.8, 4) is 0 Å². The lowest BCUT2D eigenvalue weighted by Crippen LogP contribution is -2.47. The number of hydrogen-bond donors (Lipinski definition) is 2. The standard InChI is InChI=1S/C14H21N3O3/c1-17(9-11-6-4-3-5-7-11)13(18)8-16-14(19)12(15)10-20-2/h3-7,12H,8-10,15H2,1-2H3,(H,16,19). The third kappa shape index (κ3) is 5.38. The molecule has 0 aliphatic rings. The van der Waals surface area contributed by atoms with Crippen LogP contribution >= 0.6 is 0 Å². The third-order valence-corrected chi connectivity index (χ3v) is 2.79. The number of rotatable bonds is 7. The molecule has 1 unspecified atom stereocenters. The van der Waals surface area contributed by atoms with Crippen LogP contribution < -0.4 is 11.1 Å². The fourth-order valence-electron chi connectivity index (χ4n) is 1.63. The second-order valence-electron chi connectivity index (χ2n) is 4.52. The monoisotopic (exact) mass is 279 g/mol. The molecule has 0 heterocycles. The minimum absolute atomic E-state index is 0.0699. The Hall–Kier alpha value is -1.92. The van der Waals surface area contributed by atoms with Crippen LogP contribution in [0.3, 0.4) is 0 Å². The lowest BCUT2D eigenvalue weighted by Gasteiger charge is -2.18. The van der Waals surface area contributed by atoms with Crippen LogP contribution in [0.25, 0.3) is 0 Å². The molecule has 20 heavy (non-hydrogen) atoms. The number of nitrogens with one attached hydrogen (secondary N) is 1. The van der Waals surface area contributed by atoms with Gasteiger partial charge < -0.3 is 20.7 Å². The molecule has 0 aromatic heterocycles. The molecule has 0 saturated heterocycles. The Morgan fingerprint density at radius 1 is 1.35 bits per heavy atom. The van der Waals surface area contributed by atoms with E-state index in [0.717, 1.165) is 5.56 Å². The maximum Gasteiger partial charge on any atom is 0.242 e. The number of ether oxygens (including phenoxy) is 1. The summed E-state index contributed by atoms with van der Waals surface area (Å²) < 4.78 is 4.78. The van der Waals surface area contributed by atoms with Crippen molar-refractivity contribution in [2.45, 2.75) is 12.6 Å². The van der Waals surface area contributed by atoms with Crippen LogP contribution in [0.1, 0.15) is 5.56 Å². The molecule has 3 N–H and O–H groups in total. The molecule has 110 valence electrons. The van der Waals surface area contributed by atoms with Gasteiger partial charge in [-0.05, 0) is 5.56 Å². The zero-order valence-electron chi connectivity index (χ0n) is 11.8. The Kier molecular flexibility index (Phi) is 6.69. The molecule has 0 saturated carbocycles. The lowest BCUT2D eigenvalue weighted by molar-refractivity contribution is -0.132. The van der Waals surface area contributed by atoms with E-state index in [1.807, 2.05) is 30.3 Å². The highest BCUT2D eigenvalue weighted by Gasteiger charge is 2.15. The number of nitrogens with two attached hydrogens (primary N) is 1. The van der Waals surface area contributed by atoms with Crippen LogP contribution in [0.15, 0.2) is 30.3 Å². The van der Waals surface area contributed by atoms with Crippen LogP contribution in [0.4, 0.5) is 0 Å². The summed E-state index contributed by atoms with van der Waals surface area (Å²) in [5, 5.41) is 2.50. The van der Waals surface area contributed by atoms with Crippen LogP contribution in [0, 0.1) is 0 Å². The predicted octanol–water partition coefficient (Wildman–Crippen LogP) is -0.265. The normalized spacial score (nSPS) is 11.8. The lowest BCUT2D eigenvalue weighted by atomic mass is 10.2. The summed E-state index contributed by atoms with van der Waals surface area (Å²) in [7, 11) is 3.16. The maximum absolute atomic E-state index is 11.9. The summed E-state index contributed by atoms with van der Waals surface area (Å²) in [5.41, 5.74) is 6.58. The average Bonchev–Trinajstić information content (AvgIpc) is 2.45. The van der Waals surface area contributed by atoms with Crippen LogP contribution in [-0.2, 0) is 20.9 Å². The molecule has 1 rings (SSSR count). The fourth-order valence-corrected chi connectivity index (χ4v) is 1.63. The summed E-state index contributed by atoms with van der Waals surface area (Å²) in [4.78, 5) is 25.0. The molecule has 0 aliphatic heterocycles. The van der Waals surface area contributed by atoms with E-state index < -0.39 is 11.9 Å². The molecular formula is C14H21N3O3. The van der Waals surface area contributed by atoms with Gasteiger partial charge in [-0.2, -0.15) is 0 Å². The van der Waals surface area contributed by atoms with Gasteiger partial charge in [-0.25, -0.2) is 0 Å². The quantitative estimate of drug-likeness (QED) is 0.720. The first-order chi connectivity index (χ1) is 9.54. The van der Waals surface area contributed by atoms with E-state index in [-0.39, 0.29) is 19.1 Å². The number of amides is 2. The number of carbonyl (C=O) groups excluding carboxylic acids is 2. The Morgan fingerprint density at radius 2 is 2.00 bits per heavy atom. The summed E-state index contributed by atoms with van der Waals surface area (Å²) in [6.07, 6.45) is 0. The summed E-state index contributed by atoms with van der Waals surface area (Å²) in [5.74, 6) is -0.569. The van der Waals surface area contributed by atoms with Crippen molar-refractivity contribution in [3.63, 3.8) is 0 Å². The Morgan fingerprint density at radius 3 is 2.60 bits per heavy atom. The predicted molar refractivity (Wildman–Crippen MR) is 75.8 cm³/mol. The Labute approximate surface area is 118 Å². The summed E-state index contributed by atoms with van der Waals surface area (Å²) in [6, 6.07) is 8.88. The molecule has 0 spiro atoms. The van der Waals surface area contributed by atoms with E-state index >= 15 is 0 Å². The SMILES string of the molecule is COCC(N)C(=O)NCC(=O)N(C)Cc1ccccc1. The molecule has 0 bridgehead atoms. The fraction of sp³-hybridized carbons (Fsp3) is 0.429. The van der Waals surface area contributed by atoms with Crippen molar-refractivity contribution >= 4 is 11.8 Å². The number of carbonyl (C=O) groups is 2. The Bertz CT molecular complexity index is 437. The molecule has 6 heteroatoms. The van der Waals surface area contributed by atoms with Crippen LogP contribution in [0.5, 0.6) is 0 Å². The van der Waals surface area contributed by atoms with Gasteiger partial charge in [0.15, 0.2) is 0 Å². The maximum atomic E-state index is 11.9. The molecular weight excluding hydrogens is 258 g/mol. The van der Waals surface area contributed by atoms with Gasteiger partial charge in [0.2, 0.25) is 11.8 Å². The minimum atomic E-state index is -0.757. The van der Waals surface area contributed by atoms with Gasteiger partial charge in [0.05, 0.1) is 13.2 Å². The number of likely N-dealkylation sites (N-methyl/N-ethyl adjacent to an activating group) is 1. The molecule has 0 radical (unpaired) electrons. The summed E-state index contributed by atoms with van der Waals surface area (Å²) >= 11 is 0. The van der Waals surface area contributed by atoms with Gasteiger partial charge in [0.25, 0.3) is 0 Å². The van der Waals surface area contributed by atoms with Crippen molar-refractivity contribution in [2.75, 3.05) is 27.3 Å². The van der Waals surface area contributed by atoms with E-state index in [1.54, 1.807) is 11.9 Å². The molecule has 0 fully saturated rings. The second kappa shape index (κ2) is 8.29. The molecule has 1 atom stereocenters. The van der Waals surface area contributed by atoms with E-state index in [0.29, 0.717) is 6.54 Å². The third-order valence-electron chi connectivity index (χ3n) is 2.79. The Balaban J connectivity index is 2.37. The van der Waals surface area contributed by atoms with Gasteiger partial charge in [0, 0.05) is 20.7 Å². The highest BCUT2D eigenvalue weighted by Crippen LogP contribution is 2.02. The van der Waals surface area contributed by atoms with Crippen LogP contribution in [0.2, 0.25) is 0 Å². The smallest absolute Gasteiger partial charge is 0.242 e. The van der Waals surface area contributed by atoms with Gasteiger partial charge in [-0.15, -0.1) is 0 Å². The average molecular weight is 279 g/mol. The van der Waals surface area contributed by atoms with Crippen molar-refractivity contribution in [3.05, 3.63) is 35.9 Å². The van der Waals surface area contributed by atoms with Gasteiger partial charge >= 0.3 is 0 Å². The number of hydrogen-bond acceptors (Lipinski definition) is 4. The summed E-state index contributed by atoms with van der Waals surface area (Å²) in [6.45, 7) is 0.555. The van der Waals surface area contributed by atoms with Gasteiger partial charge in [0.1, 0.15) is 6.04 Å². The van der Waals surface area contributed by atoms with Crippen molar-refractivity contribution in [2.24, 2.45) is 5.73 Å². The largest absolute Gasteiger partial charge is 0.383 e. The number of benzene rings is 1. The first-order valence-electron chi connectivity index (χ1n) is 6.34. The van der Waals surface area contributed by atoms with Crippen molar-refractivity contribution in [1.29, 1.82) is 0 Å². The first kappa shape index (κ1) is 16.1. The van der Waals surface area contributed by atoms with Crippen molar-refractivity contribution in [1.82, 2.24) is 10.2 Å². The number of nitrogens with zero attached hydrogens (tertiary/aromatic N) is 1.